The highest BCUT2D eigenvalue weighted by Gasteiger charge is 2.13. The first-order valence-electron chi connectivity index (χ1n) is 5.49. The molecule has 0 saturated heterocycles. The van der Waals surface area contributed by atoms with Crippen LogP contribution in [0, 0.1) is 0 Å². The van der Waals surface area contributed by atoms with Gasteiger partial charge in [-0.25, -0.2) is 0 Å². The summed E-state index contributed by atoms with van der Waals surface area (Å²) in [5.41, 5.74) is 6.94. The van der Waals surface area contributed by atoms with Crippen molar-refractivity contribution in [3.63, 3.8) is 0 Å². The molecule has 3 rings (SSSR count). The summed E-state index contributed by atoms with van der Waals surface area (Å²) < 4.78 is 4.77. The lowest BCUT2D eigenvalue weighted by molar-refractivity contribution is 0.0998. The lowest BCUT2D eigenvalue weighted by atomic mass is 10.1. The van der Waals surface area contributed by atoms with E-state index in [-0.39, 0.29) is 11.3 Å². The average Bonchev–Trinajstić information content (AvgIpc) is 2.92. The van der Waals surface area contributed by atoms with Gasteiger partial charge in [-0.05, 0) is 12.1 Å². The van der Waals surface area contributed by atoms with E-state index in [0.29, 0.717) is 16.6 Å². The fourth-order valence-electron chi connectivity index (χ4n) is 1.89. The van der Waals surface area contributed by atoms with Gasteiger partial charge in [0.05, 0.1) is 5.56 Å². The molecule has 2 aromatic heterocycles. The van der Waals surface area contributed by atoms with Gasteiger partial charge in [0.1, 0.15) is 17.5 Å². The van der Waals surface area contributed by atoms with Crippen LogP contribution in [0.2, 0.25) is 0 Å². The van der Waals surface area contributed by atoms with Crippen molar-refractivity contribution in [1.29, 1.82) is 0 Å². The van der Waals surface area contributed by atoms with Crippen molar-refractivity contribution in [2.24, 2.45) is 5.73 Å². The van der Waals surface area contributed by atoms with Gasteiger partial charge >= 0.3 is 0 Å². The molecule has 0 spiro atoms. The van der Waals surface area contributed by atoms with Crippen molar-refractivity contribution in [1.82, 2.24) is 10.1 Å². The van der Waals surface area contributed by atoms with Crippen molar-refractivity contribution in [3.05, 3.63) is 42.3 Å². The maximum absolute atomic E-state index is 11.1. The van der Waals surface area contributed by atoms with E-state index in [1.54, 1.807) is 24.4 Å². The topological polar surface area (TPSA) is 102 Å². The van der Waals surface area contributed by atoms with Gasteiger partial charge in [-0.15, -0.1) is 0 Å². The largest absolute Gasteiger partial charge is 0.505 e. The maximum atomic E-state index is 11.1. The number of aromatic hydroxyl groups is 1. The minimum atomic E-state index is -0.693. The molecule has 0 atom stereocenters. The number of amides is 1. The maximum Gasteiger partial charge on any atom is 0.252 e. The van der Waals surface area contributed by atoms with Gasteiger partial charge in [0, 0.05) is 23.2 Å². The third-order valence-corrected chi connectivity index (χ3v) is 2.83. The van der Waals surface area contributed by atoms with Gasteiger partial charge in [-0.1, -0.05) is 11.2 Å². The van der Waals surface area contributed by atoms with E-state index in [9.17, 15) is 9.90 Å². The van der Waals surface area contributed by atoms with Crippen LogP contribution in [0.4, 0.5) is 0 Å². The Morgan fingerprint density at radius 3 is 2.84 bits per heavy atom. The van der Waals surface area contributed by atoms with E-state index < -0.39 is 5.91 Å². The molecule has 0 bridgehead atoms. The number of carbonyl (C=O) groups excluding carboxylic acids is 1. The highest BCUT2D eigenvalue weighted by Crippen LogP contribution is 2.29. The van der Waals surface area contributed by atoms with E-state index in [0.717, 1.165) is 5.56 Å². The van der Waals surface area contributed by atoms with E-state index in [1.165, 1.54) is 12.3 Å². The van der Waals surface area contributed by atoms with Gasteiger partial charge in [-0.3, -0.25) is 9.78 Å². The van der Waals surface area contributed by atoms with Crippen molar-refractivity contribution < 1.29 is 14.4 Å². The predicted molar refractivity (Wildman–Crippen MR) is 67.4 cm³/mol. The minimum Gasteiger partial charge on any atom is -0.505 e. The van der Waals surface area contributed by atoms with Gasteiger partial charge < -0.3 is 15.4 Å². The Kier molecular flexibility index (Phi) is 2.42. The molecular weight excluding hydrogens is 246 g/mol. The number of pyridine rings is 1. The van der Waals surface area contributed by atoms with Crippen molar-refractivity contribution in [2.45, 2.75) is 0 Å². The Bertz CT molecular complexity index is 766. The van der Waals surface area contributed by atoms with Crippen LogP contribution in [-0.4, -0.2) is 21.2 Å². The number of rotatable bonds is 2. The summed E-state index contributed by atoms with van der Waals surface area (Å²) in [6, 6.07) is 6.64. The molecule has 0 saturated carbocycles. The zero-order valence-corrected chi connectivity index (χ0v) is 9.70. The number of fused-ring (bicyclic) bond motifs is 1. The highest BCUT2D eigenvalue weighted by molar-refractivity contribution is 6.02. The van der Waals surface area contributed by atoms with E-state index in [2.05, 4.69) is 10.1 Å². The molecule has 19 heavy (non-hydrogen) atoms. The summed E-state index contributed by atoms with van der Waals surface area (Å²) in [4.78, 5) is 15.3. The van der Waals surface area contributed by atoms with Gasteiger partial charge in [0.2, 0.25) is 0 Å². The first-order valence-corrected chi connectivity index (χ1v) is 5.49. The quantitative estimate of drug-likeness (QED) is 0.725. The Morgan fingerprint density at radius 1 is 1.32 bits per heavy atom. The Hall–Kier alpha value is -2.89. The highest BCUT2D eigenvalue weighted by atomic mass is 16.5. The number of carbonyl (C=O) groups is 1. The zero-order valence-electron chi connectivity index (χ0n) is 9.70. The summed E-state index contributed by atoms with van der Waals surface area (Å²) in [5, 5.41) is 14.4. The van der Waals surface area contributed by atoms with Crippen LogP contribution in [-0.2, 0) is 0 Å². The number of phenols is 1. The molecule has 0 radical (unpaired) electrons. The summed E-state index contributed by atoms with van der Waals surface area (Å²) in [6.45, 7) is 0. The summed E-state index contributed by atoms with van der Waals surface area (Å²) in [5.74, 6) is -0.904. The van der Waals surface area contributed by atoms with Crippen molar-refractivity contribution in [2.75, 3.05) is 0 Å². The SMILES string of the molecule is NC(=O)c1ccc2cc(-c3ccon3)cnc2c1O. The molecule has 1 amide bonds. The summed E-state index contributed by atoms with van der Waals surface area (Å²) in [7, 11) is 0. The molecule has 2 heterocycles. The molecule has 6 nitrogen and oxygen atoms in total. The number of hydrogen-bond acceptors (Lipinski definition) is 5. The Balaban J connectivity index is 2.21. The molecule has 94 valence electrons. The molecule has 0 aliphatic carbocycles. The smallest absolute Gasteiger partial charge is 0.252 e. The standard InChI is InChI=1S/C13H9N3O3/c14-13(18)9-2-1-7-5-8(10-3-4-19-16-10)6-15-11(7)12(9)17/h1-6,17H,(H2,14,18). The minimum absolute atomic E-state index is 0.0502. The second-order valence-electron chi connectivity index (χ2n) is 4.01. The molecule has 1 aromatic carbocycles. The van der Waals surface area contributed by atoms with E-state index in [4.69, 9.17) is 10.3 Å². The normalized spacial score (nSPS) is 10.7. The molecule has 0 aliphatic rings. The van der Waals surface area contributed by atoms with E-state index >= 15 is 0 Å². The second kappa shape index (κ2) is 4.09. The second-order valence-corrected chi connectivity index (χ2v) is 4.01. The summed E-state index contributed by atoms with van der Waals surface area (Å²) in [6.07, 6.45) is 3.01. The molecule has 0 unspecified atom stereocenters. The van der Waals surface area contributed by atoms with Crippen LogP contribution in [0.1, 0.15) is 10.4 Å². The zero-order chi connectivity index (χ0) is 13.4. The summed E-state index contributed by atoms with van der Waals surface area (Å²) >= 11 is 0. The lowest BCUT2D eigenvalue weighted by Gasteiger charge is -2.05. The lowest BCUT2D eigenvalue weighted by Crippen LogP contribution is -2.11. The number of nitrogens with zero attached hydrogens (tertiary/aromatic N) is 2. The monoisotopic (exact) mass is 255 g/mol. The van der Waals surface area contributed by atoms with Crippen LogP contribution in [0.15, 0.2) is 41.2 Å². The molecule has 0 aliphatic heterocycles. The van der Waals surface area contributed by atoms with Gasteiger partial charge in [0.25, 0.3) is 5.91 Å². The fraction of sp³-hybridized carbons (Fsp3) is 0. The first kappa shape index (κ1) is 11.2. The van der Waals surface area contributed by atoms with Crippen molar-refractivity contribution >= 4 is 16.8 Å². The van der Waals surface area contributed by atoms with Gasteiger partial charge in [0.15, 0.2) is 5.75 Å². The molecular formula is C13H9N3O3. The molecule has 3 N–H and O–H groups in total. The van der Waals surface area contributed by atoms with Crippen molar-refractivity contribution in [3.8, 4) is 17.0 Å². The van der Waals surface area contributed by atoms with E-state index in [1.807, 2.05) is 0 Å². The Labute approximate surface area is 107 Å². The van der Waals surface area contributed by atoms with Crippen LogP contribution >= 0.6 is 0 Å². The number of aromatic nitrogens is 2. The number of nitrogens with two attached hydrogens (primary N) is 1. The molecule has 3 aromatic rings. The fourth-order valence-corrected chi connectivity index (χ4v) is 1.89. The molecule has 6 heteroatoms. The molecule has 0 fully saturated rings. The third-order valence-electron chi connectivity index (χ3n) is 2.83. The van der Waals surface area contributed by atoms with Crippen LogP contribution in [0.25, 0.3) is 22.2 Å². The van der Waals surface area contributed by atoms with Crippen LogP contribution in [0.5, 0.6) is 5.75 Å². The Morgan fingerprint density at radius 2 is 2.16 bits per heavy atom. The van der Waals surface area contributed by atoms with Crippen LogP contribution in [0.3, 0.4) is 0 Å². The number of hydrogen-bond donors (Lipinski definition) is 2. The number of primary amides is 1. The average molecular weight is 255 g/mol. The predicted octanol–water partition coefficient (Wildman–Crippen LogP) is 1.69. The van der Waals surface area contributed by atoms with Gasteiger partial charge in [-0.2, -0.15) is 0 Å². The third kappa shape index (κ3) is 1.79. The van der Waals surface area contributed by atoms with Crippen LogP contribution < -0.4 is 5.73 Å². The first-order chi connectivity index (χ1) is 9.16. The number of benzene rings is 1.